The van der Waals surface area contributed by atoms with E-state index in [0.717, 1.165) is 31.2 Å². The van der Waals surface area contributed by atoms with E-state index in [1.54, 1.807) is 6.20 Å². The van der Waals surface area contributed by atoms with E-state index >= 15 is 0 Å². The maximum atomic E-state index is 11.3. The Morgan fingerprint density at radius 3 is 2.60 bits per heavy atom. The third kappa shape index (κ3) is 2.78. The second kappa shape index (κ2) is 5.41. The molecule has 2 heterocycles. The highest BCUT2D eigenvalue weighted by Gasteiger charge is 2.05. The maximum absolute atomic E-state index is 11.3. The van der Waals surface area contributed by atoms with Gasteiger partial charge in [-0.15, -0.1) is 0 Å². The van der Waals surface area contributed by atoms with E-state index in [1.165, 1.54) is 0 Å². The van der Waals surface area contributed by atoms with Gasteiger partial charge in [-0.3, -0.25) is 4.98 Å². The molecule has 0 fully saturated rings. The molecule has 20 heavy (non-hydrogen) atoms. The van der Waals surface area contributed by atoms with Gasteiger partial charge in [-0.25, -0.2) is 4.79 Å². The standard InChI is InChI=1S/C13H10Br2N4O/c14-8-1-7(4-16-6-8)5-17-10-3-12-11(2-9(10)15)18-13(20)19-12/h1-4,6,17H,5H2,(H2,18,19,20). The zero-order chi connectivity index (χ0) is 14.1. The number of anilines is 1. The first-order valence-corrected chi connectivity index (χ1v) is 7.45. The number of hydrogen-bond acceptors (Lipinski definition) is 3. The zero-order valence-electron chi connectivity index (χ0n) is 10.2. The fourth-order valence-electron chi connectivity index (χ4n) is 1.94. The van der Waals surface area contributed by atoms with Crippen LogP contribution in [0.1, 0.15) is 5.56 Å². The number of nitrogens with zero attached hydrogens (tertiary/aromatic N) is 1. The van der Waals surface area contributed by atoms with Crippen LogP contribution in [0.25, 0.3) is 11.0 Å². The molecule has 0 saturated carbocycles. The smallest absolute Gasteiger partial charge is 0.323 e. The second-order valence-electron chi connectivity index (χ2n) is 4.32. The molecule has 2 aromatic heterocycles. The average Bonchev–Trinajstić information content (AvgIpc) is 2.75. The number of aromatic amines is 2. The lowest BCUT2D eigenvalue weighted by Gasteiger charge is -2.09. The van der Waals surface area contributed by atoms with Gasteiger partial charge in [0.25, 0.3) is 0 Å². The topological polar surface area (TPSA) is 73.6 Å². The molecule has 0 atom stereocenters. The predicted octanol–water partition coefficient (Wildman–Crippen LogP) is 3.39. The lowest BCUT2D eigenvalue weighted by Crippen LogP contribution is -2.00. The Morgan fingerprint density at radius 2 is 1.85 bits per heavy atom. The molecule has 3 N–H and O–H groups in total. The molecule has 0 aliphatic carbocycles. The number of nitrogens with one attached hydrogen (secondary N) is 3. The Hall–Kier alpha value is -1.60. The van der Waals surface area contributed by atoms with Crippen LogP contribution in [0.3, 0.4) is 0 Å². The van der Waals surface area contributed by atoms with Crippen molar-refractivity contribution >= 4 is 48.6 Å². The van der Waals surface area contributed by atoms with E-state index < -0.39 is 0 Å². The fourth-order valence-corrected chi connectivity index (χ4v) is 2.84. The number of fused-ring (bicyclic) bond motifs is 1. The molecule has 7 heteroatoms. The molecule has 1 aromatic carbocycles. The minimum absolute atomic E-state index is 0.208. The molecule has 0 bridgehead atoms. The highest BCUT2D eigenvalue weighted by Crippen LogP contribution is 2.26. The van der Waals surface area contributed by atoms with E-state index in [9.17, 15) is 4.79 Å². The molecule has 5 nitrogen and oxygen atoms in total. The van der Waals surface area contributed by atoms with E-state index in [1.807, 2.05) is 24.4 Å². The van der Waals surface area contributed by atoms with Crippen molar-refractivity contribution in [2.45, 2.75) is 6.54 Å². The summed E-state index contributed by atoms with van der Waals surface area (Å²) in [4.78, 5) is 20.9. The van der Waals surface area contributed by atoms with Gasteiger partial charge in [0.15, 0.2) is 0 Å². The molecule has 3 aromatic rings. The summed E-state index contributed by atoms with van der Waals surface area (Å²) in [6.07, 6.45) is 3.55. The summed E-state index contributed by atoms with van der Waals surface area (Å²) >= 11 is 6.89. The summed E-state index contributed by atoms with van der Waals surface area (Å²) in [5.74, 6) is 0. The number of aromatic nitrogens is 3. The van der Waals surface area contributed by atoms with E-state index in [0.29, 0.717) is 6.54 Å². The van der Waals surface area contributed by atoms with Gasteiger partial charge in [-0.05, 0) is 55.6 Å². The molecule has 0 unspecified atom stereocenters. The van der Waals surface area contributed by atoms with Crippen molar-refractivity contribution in [2.24, 2.45) is 0 Å². The van der Waals surface area contributed by atoms with Crippen molar-refractivity contribution in [3.8, 4) is 0 Å². The Morgan fingerprint density at radius 1 is 1.10 bits per heavy atom. The molecular weight excluding hydrogens is 388 g/mol. The fraction of sp³-hybridized carbons (Fsp3) is 0.0769. The summed E-state index contributed by atoms with van der Waals surface area (Å²) in [5.41, 5.74) is 3.31. The number of hydrogen-bond donors (Lipinski definition) is 3. The molecule has 0 aliphatic rings. The van der Waals surface area contributed by atoms with Crippen LogP contribution in [-0.4, -0.2) is 15.0 Å². The van der Waals surface area contributed by atoms with Crippen LogP contribution in [-0.2, 0) is 6.54 Å². The lowest BCUT2D eigenvalue weighted by atomic mass is 10.2. The van der Waals surface area contributed by atoms with Gasteiger partial charge < -0.3 is 15.3 Å². The summed E-state index contributed by atoms with van der Waals surface area (Å²) in [5, 5.41) is 3.31. The van der Waals surface area contributed by atoms with Crippen LogP contribution < -0.4 is 11.0 Å². The monoisotopic (exact) mass is 396 g/mol. The van der Waals surface area contributed by atoms with Crippen molar-refractivity contribution < 1.29 is 0 Å². The molecule has 0 radical (unpaired) electrons. The molecule has 102 valence electrons. The first-order valence-electron chi connectivity index (χ1n) is 5.86. The van der Waals surface area contributed by atoms with Crippen molar-refractivity contribution in [3.05, 3.63) is 55.6 Å². The van der Waals surface area contributed by atoms with Gasteiger partial charge in [-0.1, -0.05) is 0 Å². The number of imidazole rings is 1. The SMILES string of the molecule is O=c1[nH]c2cc(Br)c(NCc3cncc(Br)c3)cc2[nH]1. The van der Waals surface area contributed by atoms with Crippen molar-refractivity contribution in [1.29, 1.82) is 0 Å². The van der Waals surface area contributed by atoms with Gasteiger partial charge in [-0.2, -0.15) is 0 Å². The zero-order valence-corrected chi connectivity index (χ0v) is 13.4. The van der Waals surface area contributed by atoms with E-state index in [4.69, 9.17) is 0 Å². The summed E-state index contributed by atoms with van der Waals surface area (Å²) in [7, 11) is 0. The minimum Gasteiger partial charge on any atom is -0.380 e. The molecule has 0 saturated heterocycles. The lowest BCUT2D eigenvalue weighted by molar-refractivity contribution is 1.10. The number of pyridine rings is 1. The number of benzene rings is 1. The molecule has 3 rings (SSSR count). The number of halogens is 2. The summed E-state index contributed by atoms with van der Waals surface area (Å²) < 4.78 is 1.84. The largest absolute Gasteiger partial charge is 0.380 e. The van der Waals surface area contributed by atoms with E-state index in [-0.39, 0.29) is 5.69 Å². The van der Waals surface area contributed by atoms with Crippen LogP contribution in [0.2, 0.25) is 0 Å². The first kappa shape index (κ1) is 13.4. The quantitative estimate of drug-likeness (QED) is 0.634. The Bertz CT molecular complexity index is 825. The van der Waals surface area contributed by atoms with Gasteiger partial charge in [0.05, 0.1) is 16.7 Å². The van der Waals surface area contributed by atoms with E-state index in [2.05, 4.69) is 52.1 Å². The normalized spacial score (nSPS) is 10.9. The van der Waals surface area contributed by atoms with Crippen LogP contribution in [0, 0.1) is 0 Å². The average molecular weight is 398 g/mol. The van der Waals surface area contributed by atoms with Gasteiger partial charge in [0.1, 0.15) is 0 Å². The molecular formula is C13H10Br2N4O. The second-order valence-corrected chi connectivity index (χ2v) is 6.09. The Kier molecular flexibility index (Phi) is 3.62. The van der Waals surface area contributed by atoms with Crippen LogP contribution in [0.4, 0.5) is 5.69 Å². The van der Waals surface area contributed by atoms with Crippen molar-refractivity contribution in [1.82, 2.24) is 15.0 Å². The Labute approximate surface area is 131 Å². The third-order valence-electron chi connectivity index (χ3n) is 2.85. The van der Waals surface area contributed by atoms with Gasteiger partial charge in [0.2, 0.25) is 0 Å². The molecule has 0 spiro atoms. The number of rotatable bonds is 3. The predicted molar refractivity (Wildman–Crippen MR) is 85.9 cm³/mol. The first-order chi connectivity index (χ1) is 9.61. The van der Waals surface area contributed by atoms with Crippen LogP contribution >= 0.6 is 31.9 Å². The van der Waals surface area contributed by atoms with Crippen molar-refractivity contribution in [3.63, 3.8) is 0 Å². The van der Waals surface area contributed by atoms with Gasteiger partial charge >= 0.3 is 5.69 Å². The highest BCUT2D eigenvalue weighted by atomic mass is 79.9. The van der Waals surface area contributed by atoms with Crippen LogP contribution in [0.5, 0.6) is 0 Å². The summed E-state index contributed by atoms with van der Waals surface area (Å²) in [6, 6.07) is 5.77. The third-order valence-corrected chi connectivity index (χ3v) is 3.94. The van der Waals surface area contributed by atoms with Crippen LogP contribution in [0.15, 0.2) is 44.3 Å². The summed E-state index contributed by atoms with van der Waals surface area (Å²) in [6.45, 7) is 0.644. The van der Waals surface area contributed by atoms with Gasteiger partial charge in [0, 0.05) is 27.9 Å². The maximum Gasteiger partial charge on any atom is 0.323 e. The van der Waals surface area contributed by atoms with Crippen molar-refractivity contribution in [2.75, 3.05) is 5.32 Å². The number of H-pyrrole nitrogens is 2. The minimum atomic E-state index is -0.208. The molecule has 0 amide bonds. The molecule has 0 aliphatic heterocycles. The Balaban J connectivity index is 1.86. The highest BCUT2D eigenvalue weighted by molar-refractivity contribution is 9.10.